The third-order valence-corrected chi connectivity index (χ3v) is 5.10. The van der Waals surface area contributed by atoms with E-state index in [1.807, 2.05) is 0 Å². The minimum absolute atomic E-state index is 0.0191. The van der Waals surface area contributed by atoms with Crippen molar-refractivity contribution < 1.29 is 21.6 Å². The molecule has 0 fully saturated rings. The molecule has 3 rings (SSSR count). The number of fused-ring (bicyclic) bond motifs is 1. The molecule has 2 aromatic heterocycles. The number of alkyl halides is 3. The van der Waals surface area contributed by atoms with Gasteiger partial charge >= 0.3 is 6.18 Å². The zero-order valence-electron chi connectivity index (χ0n) is 11.9. The Balaban J connectivity index is 2.30. The van der Waals surface area contributed by atoms with Crippen LogP contribution in [0.25, 0.3) is 11.0 Å². The first kappa shape index (κ1) is 15.5. The normalized spacial score (nSPS) is 12.7. The van der Waals surface area contributed by atoms with Crippen LogP contribution in [-0.2, 0) is 16.2 Å². The highest BCUT2D eigenvalue weighted by atomic mass is 32.2. The van der Waals surface area contributed by atoms with Crippen LogP contribution in [-0.4, -0.2) is 17.4 Å². The van der Waals surface area contributed by atoms with Crippen molar-refractivity contribution in [2.24, 2.45) is 0 Å². The third kappa shape index (κ3) is 2.59. The molecule has 0 bridgehead atoms. The van der Waals surface area contributed by atoms with Crippen LogP contribution in [0.5, 0.6) is 0 Å². The summed E-state index contributed by atoms with van der Waals surface area (Å²) in [6.45, 7) is 1.48. The van der Waals surface area contributed by atoms with Crippen LogP contribution in [0.1, 0.15) is 11.3 Å². The fourth-order valence-electron chi connectivity index (χ4n) is 2.30. The lowest BCUT2D eigenvalue weighted by Crippen LogP contribution is -2.14. The van der Waals surface area contributed by atoms with Gasteiger partial charge in [0, 0.05) is 11.6 Å². The van der Waals surface area contributed by atoms with E-state index in [4.69, 9.17) is 0 Å². The van der Waals surface area contributed by atoms with Crippen LogP contribution in [0.4, 0.5) is 13.2 Å². The summed E-state index contributed by atoms with van der Waals surface area (Å²) in [6.07, 6.45) is -3.43. The Hall–Kier alpha value is -2.35. The van der Waals surface area contributed by atoms with Crippen LogP contribution in [0.15, 0.2) is 53.6 Å². The zero-order valence-corrected chi connectivity index (χ0v) is 12.7. The summed E-state index contributed by atoms with van der Waals surface area (Å²) in [5.74, 6) is 0. The average molecular weight is 340 g/mol. The second kappa shape index (κ2) is 5.09. The lowest BCUT2D eigenvalue weighted by molar-refractivity contribution is -0.141. The summed E-state index contributed by atoms with van der Waals surface area (Å²) < 4.78 is 64.8. The Morgan fingerprint density at radius 1 is 1.09 bits per heavy atom. The standard InChI is InChI=1S/C15H11F3N2O2S/c1-10-9-13(15(16,17)18)19-14-12(10)7-8-20(14)23(21,22)11-5-3-2-4-6-11/h2-9H,1H3. The number of aryl methyl sites for hydroxylation is 1. The smallest absolute Gasteiger partial charge is 0.224 e. The molecule has 0 saturated heterocycles. The molecule has 23 heavy (non-hydrogen) atoms. The predicted octanol–water partition coefficient (Wildman–Crippen LogP) is 3.60. The SMILES string of the molecule is Cc1cc(C(F)(F)F)nc2c1ccn2S(=O)(=O)c1ccccc1. The van der Waals surface area contributed by atoms with Crippen molar-refractivity contribution in [3.63, 3.8) is 0 Å². The molecule has 0 atom stereocenters. The van der Waals surface area contributed by atoms with Gasteiger partial charge < -0.3 is 0 Å². The van der Waals surface area contributed by atoms with Crippen molar-refractivity contribution in [2.75, 3.05) is 0 Å². The van der Waals surface area contributed by atoms with E-state index >= 15 is 0 Å². The zero-order chi connectivity index (χ0) is 16.8. The summed E-state index contributed by atoms with van der Waals surface area (Å²) in [5.41, 5.74) is -1.05. The van der Waals surface area contributed by atoms with Gasteiger partial charge in [0.1, 0.15) is 5.69 Å². The van der Waals surface area contributed by atoms with E-state index in [1.54, 1.807) is 18.2 Å². The average Bonchev–Trinajstić information content (AvgIpc) is 2.92. The molecule has 3 aromatic rings. The van der Waals surface area contributed by atoms with Crippen molar-refractivity contribution in [1.29, 1.82) is 0 Å². The van der Waals surface area contributed by atoms with Crippen molar-refractivity contribution >= 4 is 21.1 Å². The lowest BCUT2D eigenvalue weighted by Gasteiger charge is -2.10. The van der Waals surface area contributed by atoms with E-state index in [2.05, 4.69) is 4.98 Å². The third-order valence-electron chi connectivity index (χ3n) is 3.42. The maximum atomic E-state index is 12.9. The quantitative estimate of drug-likeness (QED) is 0.716. The van der Waals surface area contributed by atoms with Crippen LogP contribution >= 0.6 is 0 Å². The molecule has 0 spiro atoms. The van der Waals surface area contributed by atoms with E-state index in [0.29, 0.717) is 10.9 Å². The number of aromatic nitrogens is 2. The maximum absolute atomic E-state index is 12.9. The number of rotatable bonds is 2. The number of nitrogens with zero attached hydrogens (tertiary/aromatic N) is 2. The number of benzene rings is 1. The van der Waals surface area contributed by atoms with Gasteiger partial charge in [-0.25, -0.2) is 17.4 Å². The summed E-state index contributed by atoms with van der Waals surface area (Å²) in [7, 11) is -4.01. The summed E-state index contributed by atoms with van der Waals surface area (Å²) in [5, 5.41) is 0.359. The Morgan fingerprint density at radius 2 is 1.74 bits per heavy atom. The largest absolute Gasteiger partial charge is 0.433 e. The van der Waals surface area contributed by atoms with Gasteiger partial charge in [-0.1, -0.05) is 18.2 Å². The molecule has 0 aliphatic rings. The molecule has 0 saturated carbocycles. The Morgan fingerprint density at radius 3 is 2.35 bits per heavy atom. The molecule has 0 N–H and O–H groups in total. The van der Waals surface area contributed by atoms with Gasteiger partial charge in [0.05, 0.1) is 4.90 Å². The van der Waals surface area contributed by atoms with Gasteiger partial charge in [-0.05, 0) is 36.8 Å². The lowest BCUT2D eigenvalue weighted by atomic mass is 10.2. The molecule has 1 aromatic carbocycles. The molecule has 0 amide bonds. The van der Waals surface area contributed by atoms with Crippen LogP contribution in [0, 0.1) is 6.92 Å². The first-order chi connectivity index (χ1) is 10.7. The van der Waals surface area contributed by atoms with E-state index < -0.39 is 21.9 Å². The highest BCUT2D eigenvalue weighted by molar-refractivity contribution is 7.90. The molecule has 0 aliphatic heterocycles. The molecular weight excluding hydrogens is 329 g/mol. The number of hydrogen-bond donors (Lipinski definition) is 0. The minimum Gasteiger partial charge on any atom is -0.224 e. The van der Waals surface area contributed by atoms with Crippen molar-refractivity contribution in [2.45, 2.75) is 18.0 Å². The van der Waals surface area contributed by atoms with Gasteiger partial charge in [-0.15, -0.1) is 0 Å². The van der Waals surface area contributed by atoms with Crippen LogP contribution < -0.4 is 0 Å². The Labute approximate surface area is 130 Å². The van der Waals surface area contributed by atoms with E-state index in [9.17, 15) is 21.6 Å². The van der Waals surface area contributed by atoms with Gasteiger partial charge in [0.25, 0.3) is 10.0 Å². The maximum Gasteiger partial charge on any atom is 0.433 e. The second-order valence-electron chi connectivity index (χ2n) is 4.99. The number of pyridine rings is 1. The molecule has 2 heterocycles. The first-order valence-electron chi connectivity index (χ1n) is 6.58. The van der Waals surface area contributed by atoms with Crippen molar-refractivity contribution in [3.05, 3.63) is 59.9 Å². The Bertz CT molecular complexity index is 977. The van der Waals surface area contributed by atoms with Crippen molar-refractivity contribution in [3.8, 4) is 0 Å². The Kier molecular flexibility index (Phi) is 3.44. The molecule has 120 valence electrons. The van der Waals surface area contributed by atoms with Gasteiger partial charge in [-0.3, -0.25) is 0 Å². The van der Waals surface area contributed by atoms with Crippen LogP contribution in [0.2, 0.25) is 0 Å². The van der Waals surface area contributed by atoms with Crippen molar-refractivity contribution in [1.82, 2.24) is 8.96 Å². The highest BCUT2D eigenvalue weighted by Gasteiger charge is 2.34. The van der Waals surface area contributed by atoms with Gasteiger partial charge in [0.15, 0.2) is 5.65 Å². The van der Waals surface area contributed by atoms with Gasteiger partial charge in [0.2, 0.25) is 0 Å². The molecule has 4 nitrogen and oxygen atoms in total. The fourth-order valence-corrected chi connectivity index (χ4v) is 3.61. The minimum atomic E-state index is -4.65. The number of halogens is 3. The molecule has 8 heteroatoms. The van der Waals surface area contributed by atoms with E-state index in [-0.39, 0.29) is 10.5 Å². The number of hydrogen-bond acceptors (Lipinski definition) is 3. The molecule has 0 aliphatic carbocycles. The topological polar surface area (TPSA) is 52.0 Å². The summed E-state index contributed by atoms with van der Waals surface area (Å²) in [4.78, 5) is 3.50. The fraction of sp³-hybridized carbons (Fsp3) is 0.133. The first-order valence-corrected chi connectivity index (χ1v) is 8.02. The molecular formula is C15H11F3N2O2S. The van der Waals surface area contributed by atoms with E-state index in [1.165, 1.54) is 31.3 Å². The monoisotopic (exact) mass is 340 g/mol. The summed E-state index contributed by atoms with van der Waals surface area (Å²) >= 11 is 0. The molecule has 0 radical (unpaired) electrons. The highest BCUT2D eigenvalue weighted by Crippen LogP contribution is 2.32. The molecule has 0 unspecified atom stereocenters. The van der Waals surface area contributed by atoms with Gasteiger partial charge in [-0.2, -0.15) is 13.2 Å². The second-order valence-corrected chi connectivity index (χ2v) is 6.80. The van der Waals surface area contributed by atoms with Crippen LogP contribution in [0.3, 0.4) is 0 Å². The summed E-state index contributed by atoms with van der Waals surface area (Å²) in [6, 6.07) is 9.83. The van der Waals surface area contributed by atoms with E-state index in [0.717, 1.165) is 10.0 Å². The predicted molar refractivity (Wildman–Crippen MR) is 78.5 cm³/mol.